The van der Waals surface area contributed by atoms with Crippen LogP contribution in [0, 0.1) is 12.3 Å². The molecule has 10 heavy (non-hydrogen) atoms. The van der Waals surface area contributed by atoms with E-state index in [9.17, 15) is 0 Å². The van der Waals surface area contributed by atoms with Crippen molar-refractivity contribution in [3.8, 4) is 12.3 Å². The van der Waals surface area contributed by atoms with Gasteiger partial charge in [0.2, 0.25) is 0 Å². The molecule has 1 heterocycles. The molecule has 2 N–H and O–H groups in total. The predicted octanol–water partition coefficient (Wildman–Crippen LogP) is 1.30. The maximum Gasteiger partial charge on any atom is 0.115 e. The molecule has 3 heteroatoms. The van der Waals surface area contributed by atoms with Crippen LogP contribution in [0.2, 0.25) is 5.02 Å². The second-order valence-corrected chi connectivity index (χ2v) is 2.14. The van der Waals surface area contributed by atoms with Crippen LogP contribution >= 0.6 is 11.6 Å². The number of halogens is 1. The Morgan fingerprint density at radius 3 is 2.90 bits per heavy atom. The molecule has 50 valence electrons. The molecule has 1 aromatic heterocycles. The first-order chi connectivity index (χ1) is 4.74. The lowest BCUT2D eigenvalue weighted by Crippen LogP contribution is -1.89. The maximum atomic E-state index is 5.58. The van der Waals surface area contributed by atoms with Gasteiger partial charge in [0.1, 0.15) is 5.69 Å². The molecule has 0 saturated heterocycles. The fourth-order valence-electron chi connectivity index (χ4n) is 0.533. The van der Waals surface area contributed by atoms with E-state index >= 15 is 0 Å². The second-order valence-electron chi connectivity index (χ2n) is 1.74. The average Bonchev–Trinajstić information content (AvgIpc) is 1.95. The van der Waals surface area contributed by atoms with Crippen LogP contribution in [0.15, 0.2) is 12.3 Å². The third-order valence-corrected chi connectivity index (χ3v) is 1.35. The summed E-state index contributed by atoms with van der Waals surface area (Å²) in [6.07, 6.45) is 6.49. The molecule has 0 aromatic carbocycles. The van der Waals surface area contributed by atoms with Gasteiger partial charge in [0.25, 0.3) is 0 Å². The van der Waals surface area contributed by atoms with Gasteiger partial charge in [-0.05, 0) is 6.07 Å². The van der Waals surface area contributed by atoms with E-state index in [1.807, 2.05) is 0 Å². The highest BCUT2D eigenvalue weighted by Crippen LogP contribution is 2.16. The van der Waals surface area contributed by atoms with Crippen molar-refractivity contribution in [2.24, 2.45) is 0 Å². The SMILES string of the molecule is C#Cc1cc(N)c(Cl)cn1. The average molecular weight is 153 g/mol. The molecule has 0 fully saturated rings. The summed E-state index contributed by atoms with van der Waals surface area (Å²) in [6, 6.07) is 1.56. The highest BCUT2D eigenvalue weighted by atomic mass is 35.5. The van der Waals surface area contributed by atoms with E-state index in [1.54, 1.807) is 6.07 Å². The molecule has 0 saturated carbocycles. The second kappa shape index (κ2) is 2.59. The number of aromatic nitrogens is 1. The van der Waals surface area contributed by atoms with Gasteiger partial charge in [0, 0.05) is 6.20 Å². The van der Waals surface area contributed by atoms with Gasteiger partial charge in [-0.2, -0.15) is 0 Å². The van der Waals surface area contributed by atoms with E-state index in [0.717, 1.165) is 0 Å². The molecule has 2 nitrogen and oxygen atoms in total. The minimum absolute atomic E-state index is 0.430. The van der Waals surface area contributed by atoms with Gasteiger partial charge in [0.15, 0.2) is 0 Å². The van der Waals surface area contributed by atoms with Crippen molar-refractivity contribution in [1.82, 2.24) is 4.98 Å². The van der Waals surface area contributed by atoms with Crippen molar-refractivity contribution < 1.29 is 0 Å². The Morgan fingerprint density at radius 1 is 1.70 bits per heavy atom. The van der Waals surface area contributed by atoms with Crippen molar-refractivity contribution >= 4 is 17.3 Å². The number of nitrogens with zero attached hydrogens (tertiary/aromatic N) is 1. The zero-order chi connectivity index (χ0) is 7.56. The van der Waals surface area contributed by atoms with E-state index < -0.39 is 0 Å². The summed E-state index contributed by atoms with van der Waals surface area (Å²) in [7, 11) is 0. The zero-order valence-corrected chi connectivity index (χ0v) is 5.89. The summed E-state index contributed by atoms with van der Waals surface area (Å²) in [6.45, 7) is 0. The number of hydrogen-bond donors (Lipinski definition) is 1. The molecule has 0 atom stereocenters. The number of nitrogen functional groups attached to an aromatic ring is 1. The van der Waals surface area contributed by atoms with Gasteiger partial charge >= 0.3 is 0 Å². The summed E-state index contributed by atoms with van der Waals surface area (Å²) in [4.78, 5) is 3.81. The van der Waals surface area contributed by atoms with E-state index in [-0.39, 0.29) is 0 Å². The molecule has 0 radical (unpaired) electrons. The summed E-state index contributed by atoms with van der Waals surface area (Å²) < 4.78 is 0. The number of hydrogen-bond acceptors (Lipinski definition) is 2. The monoisotopic (exact) mass is 152 g/mol. The van der Waals surface area contributed by atoms with Crippen LogP contribution in [0.25, 0.3) is 0 Å². The zero-order valence-electron chi connectivity index (χ0n) is 5.13. The van der Waals surface area contributed by atoms with Crippen molar-refractivity contribution in [2.75, 3.05) is 5.73 Å². The number of pyridine rings is 1. The molecule has 0 aliphatic carbocycles. The Kier molecular flexibility index (Phi) is 1.79. The quantitative estimate of drug-likeness (QED) is 0.569. The van der Waals surface area contributed by atoms with Crippen LogP contribution in [0.1, 0.15) is 5.69 Å². The van der Waals surface area contributed by atoms with Crippen LogP contribution in [0.4, 0.5) is 5.69 Å². The fraction of sp³-hybridized carbons (Fsp3) is 0. The predicted molar refractivity (Wildman–Crippen MR) is 41.6 cm³/mol. The summed E-state index contributed by atoms with van der Waals surface area (Å²) in [5, 5.41) is 0.430. The van der Waals surface area contributed by atoms with Gasteiger partial charge in [0.05, 0.1) is 10.7 Å². The van der Waals surface area contributed by atoms with Crippen LogP contribution in [0.3, 0.4) is 0 Å². The lowest BCUT2D eigenvalue weighted by molar-refractivity contribution is 1.29. The normalized spacial score (nSPS) is 8.80. The number of anilines is 1. The molecule has 1 rings (SSSR count). The van der Waals surface area contributed by atoms with Gasteiger partial charge in [-0.3, -0.25) is 0 Å². The van der Waals surface area contributed by atoms with Crippen molar-refractivity contribution in [3.63, 3.8) is 0 Å². The lowest BCUT2D eigenvalue weighted by Gasteiger charge is -1.95. The topological polar surface area (TPSA) is 38.9 Å². The Hall–Kier alpha value is -1.20. The third-order valence-electron chi connectivity index (χ3n) is 1.03. The van der Waals surface area contributed by atoms with E-state index in [1.165, 1.54) is 6.20 Å². The first-order valence-corrected chi connectivity index (χ1v) is 2.99. The molecule has 1 aromatic rings. The highest BCUT2D eigenvalue weighted by Gasteiger charge is 1.95. The summed E-state index contributed by atoms with van der Waals surface area (Å²) in [5.74, 6) is 2.35. The standard InChI is InChI=1S/C7H5ClN2/c1-2-5-3-7(9)6(8)4-10-5/h1,3-4H,(H2,9,10). The number of rotatable bonds is 0. The smallest absolute Gasteiger partial charge is 0.115 e. The maximum absolute atomic E-state index is 5.58. The van der Waals surface area contributed by atoms with E-state index in [2.05, 4.69) is 10.9 Å². The van der Waals surface area contributed by atoms with E-state index in [4.69, 9.17) is 23.8 Å². The molecule has 0 aliphatic heterocycles. The Morgan fingerprint density at radius 2 is 2.40 bits per heavy atom. The lowest BCUT2D eigenvalue weighted by atomic mass is 10.3. The minimum atomic E-state index is 0.430. The number of nitrogens with two attached hydrogens (primary N) is 1. The minimum Gasteiger partial charge on any atom is -0.397 e. The molecular formula is C7H5ClN2. The molecule has 0 bridgehead atoms. The van der Waals surface area contributed by atoms with Gasteiger partial charge in [-0.25, -0.2) is 4.98 Å². The Balaban J connectivity index is 3.20. The Labute approximate surface area is 64.0 Å². The first-order valence-electron chi connectivity index (χ1n) is 2.61. The van der Waals surface area contributed by atoms with Gasteiger partial charge in [-0.15, -0.1) is 6.42 Å². The highest BCUT2D eigenvalue weighted by molar-refractivity contribution is 6.32. The largest absolute Gasteiger partial charge is 0.397 e. The molecule has 0 aliphatic rings. The van der Waals surface area contributed by atoms with Crippen LogP contribution in [-0.2, 0) is 0 Å². The molecule has 0 unspecified atom stereocenters. The van der Waals surface area contributed by atoms with Crippen molar-refractivity contribution in [1.29, 1.82) is 0 Å². The molecule has 0 amide bonds. The van der Waals surface area contributed by atoms with Gasteiger partial charge in [-0.1, -0.05) is 17.5 Å². The molecular weight excluding hydrogens is 148 g/mol. The summed E-state index contributed by atoms with van der Waals surface area (Å²) >= 11 is 5.58. The van der Waals surface area contributed by atoms with Crippen LogP contribution < -0.4 is 5.73 Å². The third kappa shape index (κ3) is 1.20. The fourth-order valence-corrected chi connectivity index (χ4v) is 0.637. The van der Waals surface area contributed by atoms with Crippen molar-refractivity contribution in [2.45, 2.75) is 0 Å². The molecule has 0 spiro atoms. The van der Waals surface area contributed by atoms with Crippen LogP contribution in [0.5, 0.6) is 0 Å². The summed E-state index contributed by atoms with van der Waals surface area (Å²) in [5.41, 5.74) is 6.39. The first kappa shape index (κ1) is 6.91. The number of terminal acetylenes is 1. The Bertz CT molecular complexity index is 288. The van der Waals surface area contributed by atoms with Crippen molar-refractivity contribution in [3.05, 3.63) is 23.0 Å². The van der Waals surface area contributed by atoms with Crippen LogP contribution in [-0.4, -0.2) is 4.98 Å². The van der Waals surface area contributed by atoms with Gasteiger partial charge < -0.3 is 5.73 Å². The van der Waals surface area contributed by atoms with E-state index in [0.29, 0.717) is 16.4 Å².